The van der Waals surface area contributed by atoms with E-state index >= 15 is 0 Å². The molecule has 0 aliphatic carbocycles. The summed E-state index contributed by atoms with van der Waals surface area (Å²) in [4.78, 5) is 28.5. The zero-order valence-electron chi connectivity index (χ0n) is 17.2. The third-order valence-corrected chi connectivity index (χ3v) is 5.08. The highest BCUT2D eigenvalue weighted by Gasteiger charge is 2.11. The van der Waals surface area contributed by atoms with Gasteiger partial charge in [-0.15, -0.1) is 11.3 Å². The molecule has 0 unspecified atom stereocenters. The summed E-state index contributed by atoms with van der Waals surface area (Å²) in [6.07, 6.45) is 0.169. The monoisotopic (exact) mass is 424 g/mol. The summed E-state index contributed by atoms with van der Waals surface area (Å²) in [5, 5.41) is 5.29. The number of hydrogen-bond donors (Lipinski definition) is 1. The number of benzene rings is 2. The Bertz CT molecular complexity index is 1010. The molecule has 1 amide bonds. The lowest BCUT2D eigenvalue weighted by Crippen LogP contribution is -2.15. The average molecular weight is 425 g/mol. The average Bonchev–Trinajstić information content (AvgIpc) is 3.13. The van der Waals surface area contributed by atoms with Crippen LogP contribution in [0.1, 0.15) is 27.4 Å². The standard InChI is InChI=1S/C23H24N2O4S/c1-15-4-6-18(7-5-15)24-21(26)11-22-25-19(14-30-22)12-29-23(27)13-28-20-9-16(2)8-17(3)10-20/h4-10,14H,11-13H2,1-3H3,(H,24,26). The van der Waals surface area contributed by atoms with Gasteiger partial charge < -0.3 is 14.8 Å². The maximum absolute atomic E-state index is 12.2. The number of anilines is 1. The molecule has 0 fully saturated rings. The van der Waals surface area contributed by atoms with Gasteiger partial charge >= 0.3 is 5.97 Å². The van der Waals surface area contributed by atoms with Crippen LogP contribution in [0.2, 0.25) is 0 Å². The minimum Gasteiger partial charge on any atom is -0.482 e. The number of esters is 1. The van der Waals surface area contributed by atoms with Crippen molar-refractivity contribution < 1.29 is 19.1 Å². The number of nitrogens with zero attached hydrogens (tertiary/aromatic N) is 1. The van der Waals surface area contributed by atoms with Crippen LogP contribution in [0.25, 0.3) is 0 Å². The summed E-state index contributed by atoms with van der Waals surface area (Å²) < 4.78 is 10.7. The van der Waals surface area contributed by atoms with Crippen LogP contribution in [0.3, 0.4) is 0 Å². The van der Waals surface area contributed by atoms with E-state index < -0.39 is 5.97 Å². The number of ether oxygens (including phenoxy) is 2. The van der Waals surface area contributed by atoms with E-state index in [-0.39, 0.29) is 25.5 Å². The predicted octanol–water partition coefficient (Wildman–Crippen LogP) is 4.37. The smallest absolute Gasteiger partial charge is 0.344 e. The summed E-state index contributed by atoms with van der Waals surface area (Å²) in [7, 11) is 0. The molecule has 0 saturated heterocycles. The Morgan fingerprint density at radius 2 is 1.70 bits per heavy atom. The Labute approximate surface area is 179 Å². The van der Waals surface area contributed by atoms with Crippen LogP contribution in [-0.4, -0.2) is 23.5 Å². The normalized spacial score (nSPS) is 10.5. The second-order valence-electron chi connectivity index (χ2n) is 7.10. The van der Waals surface area contributed by atoms with E-state index in [1.165, 1.54) is 11.3 Å². The van der Waals surface area contributed by atoms with Crippen molar-refractivity contribution >= 4 is 28.9 Å². The second-order valence-corrected chi connectivity index (χ2v) is 8.04. The molecule has 0 bridgehead atoms. The van der Waals surface area contributed by atoms with Gasteiger partial charge in [-0.3, -0.25) is 4.79 Å². The van der Waals surface area contributed by atoms with Gasteiger partial charge in [0, 0.05) is 11.1 Å². The Morgan fingerprint density at radius 1 is 1.00 bits per heavy atom. The fourth-order valence-corrected chi connectivity index (χ4v) is 3.61. The fourth-order valence-electron chi connectivity index (χ4n) is 2.83. The number of carbonyl (C=O) groups excluding carboxylic acids is 2. The zero-order chi connectivity index (χ0) is 21.5. The van der Waals surface area contributed by atoms with Crippen molar-refractivity contribution in [1.29, 1.82) is 0 Å². The molecule has 3 aromatic rings. The third-order valence-electron chi connectivity index (χ3n) is 4.18. The first-order valence-electron chi connectivity index (χ1n) is 9.54. The topological polar surface area (TPSA) is 77.5 Å². The van der Waals surface area contributed by atoms with Crippen LogP contribution in [0.15, 0.2) is 47.8 Å². The molecule has 2 aromatic carbocycles. The first kappa shape index (κ1) is 21.5. The number of rotatable bonds is 8. The Hall–Kier alpha value is -3.19. The molecule has 0 aliphatic heterocycles. The second kappa shape index (κ2) is 10.0. The molecule has 1 aromatic heterocycles. The molecule has 0 spiro atoms. The largest absolute Gasteiger partial charge is 0.482 e. The van der Waals surface area contributed by atoms with Crippen molar-refractivity contribution in [3.05, 3.63) is 75.2 Å². The van der Waals surface area contributed by atoms with E-state index in [9.17, 15) is 9.59 Å². The summed E-state index contributed by atoms with van der Waals surface area (Å²) in [6, 6.07) is 13.4. The lowest BCUT2D eigenvalue weighted by molar-refractivity contribution is -0.147. The molecule has 0 aliphatic rings. The van der Waals surface area contributed by atoms with Crippen molar-refractivity contribution in [1.82, 2.24) is 4.98 Å². The molecule has 30 heavy (non-hydrogen) atoms. The molecular formula is C23H24N2O4S. The maximum Gasteiger partial charge on any atom is 0.344 e. The van der Waals surface area contributed by atoms with E-state index in [4.69, 9.17) is 9.47 Å². The van der Waals surface area contributed by atoms with Crippen LogP contribution in [0.4, 0.5) is 5.69 Å². The molecule has 0 atom stereocenters. The van der Waals surface area contributed by atoms with Crippen LogP contribution >= 0.6 is 11.3 Å². The van der Waals surface area contributed by atoms with Crippen molar-refractivity contribution in [3.8, 4) is 5.75 Å². The molecule has 1 heterocycles. The van der Waals surface area contributed by atoms with E-state index in [1.807, 2.05) is 63.2 Å². The number of aryl methyl sites for hydroxylation is 3. The van der Waals surface area contributed by atoms with E-state index in [0.29, 0.717) is 16.5 Å². The highest BCUT2D eigenvalue weighted by Crippen LogP contribution is 2.17. The molecule has 6 nitrogen and oxygen atoms in total. The van der Waals surface area contributed by atoms with Gasteiger partial charge in [-0.2, -0.15) is 0 Å². The molecule has 1 N–H and O–H groups in total. The number of thiazole rings is 1. The van der Waals surface area contributed by atoms with Crippen molar-refractivity contribution in [2.24, 2.45) is 0 Å². The SMILES string of the molecule is Cc1ccc(NC(=O)Cc2nc(COC(=O)COc3cc(C)cc(C)c3)cs2)cc1. The first-order valence-corrected chi connectivity index (χ1v) is 10.4. The minimum absolute atomic E-state index is 0.0467. The van der Waals surface area contributed by atoms with E-state index in [0.717, 1.165) is 22.4 Å². The van der Waals surface area contributed by atoms with Gasteiger partial charge in [-0.25, -0.2) is 9.78 Å². The molecular weight excluding hydrogens is 400 g/mol. The summed E-state index contributed by atoms with van der Waals surface area (Å²) in [5.74, 6) is 0.0272. The quantitative estimate of drug-likeness (QED) is 0.543. The van der Waals surface area contributed by atoms with Crippen LogP contribution in [0, 0.1) is 20.8 Å². The first-order chi connectivity index (χ1) is 14.4. The van der Waals surface area contributed by atoms with Gasteiger partial charge in [0.25, 0.3) is 0 Å². The van der Waals surface area contributed by atoms with Crippen LogP contribution in [-0.2, 0) is 27.4 Å². The van der Waals surface area contributed by atoms with Crippen LogP contribution in [0.5, 0.6) is 5.75 Å². The predicted molar refractivity (Wildman–Crippen MR) is 117 cm³/mol. The summed E-state index contributed by atoms with van der Waals surface area (Å²) in [6.45, 7) is 5.81. The highest BCUT2D eigenvalue weighted by atomic mass is 32.1. The van der Waals surface area contributed by atoms with Crippen LogP contribution < -0.4 is 10.1 Å². The molecule has 0 saturated carbocycles. The van der Waals surface area contributed by atoms with Gasteiger partial charge in [-0.05, 0) is 56.2 Å². The molecule has 0 radical (unpaired) electrons. The Morgan fingerprint density at radius 3 is 2.40 bits per heavy atom. The Kier molecular flexibility index (Phi) is 7.19. The van der Waals surface area contributed by atoms with Gasteiger partial charge in [0.1, 0.15) is 17.4 Å². The minimum atomic E-state index is -0.471. The number of carbonyl (C=O) groups is 2. The highest BCUT2D eigenvalue weighted by molar-refractivity contribution is 7.09. The molecule has 3 rings (SSSR count). The number of nitrogens with one attached hydrogen (secondary N) is 1. The lowest BCUT2D eigenvalue weighted by Gasteiger charge is -2.08. The van der Waals surface area contributed by atoms with Crippen molar-refractivity contribution in [3.63, 3.8) is 0 Å². The number of aromatic nitrogens is 1. The van der Waals surface area contributed by atoms with Gasteiger partial charge in [-0.1, -0.05) is 23.8 Å². The van der Waals surface area contributed by atoms with Crippen molar-refractivity contribution in [2.45, 2.75) is 33.8 Å². The molecule has 7 heteroatoms. The van der Waals surface area contributed by atoms with Gasteiger partial charge in [0.2, 0.25) is 5.91 Å². The fraction of sp³-hybridized carbons (Fsp3) is 0.261. The Balaban J connectivity index is 1.42. The van der Waals surface area contributed by atoms with E-state index in [2.05, 4.69) is 10.3 Å². The lowest BCUT2D eigenvalue weighted by atomic mass is 10.1. The van der Waals surface area contributed by atoms with Crippen molar-refractivity contribution in [2.75, 3.05) is 11.9 Å². The van der Waals surface area contributed by atoms with E-state index in [1.54, 1.807) is 5.38 Å². The summed E-state index contributed by atoms with van der Waals surface area (Å²) >= 11 is 1.36. The number of hydrogen-bond acceptors (Lipinski definition) is 6. The molecule has 156 valence electrons. The van der Waals surface area contributed by atoms with Gasteiger partial charge in [0.15, 0.2) is 6.61 Å². The van der Waals surface area contributed by atoms with Gasteiger partial charge in [0.05, 0.1) is 12.1 Å². The third kappa shape index (κ3) is 6.70. The summed E-state index contributed by atoms with van der Waals surface area (Å²) in [5.41, 5.74) is 4.63. The maximum atomic E-state index is 12.2. The zero-order valence-corrected chi connectivity index (χ0v) is 18.0. The number of amides is 1.